The van der Waals surface area contributed by atoms with Crippen molar-refractivity contribution in [3.05, 3.63) is 44.0 Å². The number of halogens is 3. The highest BCUT2D eigenvalue weighted by Crippen LogP contribution is 2.34. The molecule has 0 spiro atoms. The van der Waals surface area contributed by atoms with Crippen LogP contribution in [0.15, 0.2) is 37.9 Å². The van der Waals surface area contributed by atoms with Gasteiger partial charge >= 0.3 is 6.08 Å². The van der Waals surface area contributed by atoms with Crippen LogP contribution in [0.5, 0.6) is 0 Å². The lowest BCUT2D eigenvalue weighted by Crippen LogP contribution is -1.93. The fraction of sp³-hybridized carbons (Fsp3) is 0. The summed E-state index contributed by atoms with van der Waals surface area (Å²) in [6.07, 6.45) is -0.707. The van der Waals surface area contributed by atoms with Gasteiger partial charge in [-0.1, -0.05) is 0 Å². The maximum absolute atomic E-state index is 13.6. The quantitative estimate of drug-likeness (QED) is 0.505. The first kappa shape index (κ1) is 13.4. The molecule has 3 heterocycles. The third kappa shape index (κ3) is 2.94. The molecule has 0 fully saturated rings. The molecule has 0 aromatic carbocycles. The SMILES string of the molecule is Fc1nc(-c2ccc(Br)s2)cc(-c2ccc(Br)s2)n1. The molecule has 96 valence electrons. The molecule has 0 aliphatic carbocycles. The van der Waals surface area contributed by atoms with Gasteiger partial charge in [-0.2, -0.15) is 4.39 Å². The molecule has 19 heavy (non-hydrogen) atoms. The van der Waals surface area contributed by atoms with Crippen LogP contribution in [-0.4, -0.2) is 9.97 Å². The molecule has 3 rings (SSSR count). The first-order valence-corrected chi connectivity index (χ1v) is 8.40. The summed E-state index contributed by atoms with van der Waals surface area (Å²) in [5.41, 5.74) is 1.20. The van der Waals surface area contributed by atoms with Gasteiger partial charge in [-0.3, -0.25) is 0 Å². The molecule has 0 N–H and O–H groups in total. The Morgan fingerprint density at radius 1 is 0.842 bits per heavy atom. The normalized spacial score (nSPS) is 10.9. The van der Waals surface area contributed by atoms with Crippen LogP contribution in [0.2, 0.25) is 0 Å². The van der Waals surface area contributed by atoms with Gasteiger partial charge in [-0.25, -0.2) is 9.97 Å². The van der Waals surface area contributed by atoms with Gasteiger partial charge in [0.25, 0.3) is 0 Å². The van der Waals surface area contributed by atoms with Gasteiger partial charge in [0.05, 0.1) is 28.7 Å². The topological polar surface area (TPSA) is 25.8 Å². The van der Waals surface area contributed by atoms with E-state index in [-0.39, 0.29) is 0 Å². The Morgan fingerprint density at radius 3 is 1.68 bits per heavy atom. The van der Waals surface area contributed by atoms with Gasteiger partial charge in [0, 0.05) is 0 Å². The molecular formula is C12H5Br2FN2S2. The van der Waals surface area contributed by atoms with Crippen LogP contribution in [0, 0.1) is 6.08 Å². The predicted octanol–water partition coefficient (Wildman–Crippen LogP) is 5.60. The van der Waals surface area contributed by atoms with Crippen molar-refractivity contribution in [2.45, 2.75) is 0 Å². The molecule has 0 aliphatic heterocycles. The van der Waals surface area contributed by atoms with E-state index in [1.54, 1.807) is 6.07 Å². The minimum Gasteiger partial charge on any atom is -0.201 e. The van der Waals surface area contributed by atoms with Crippen molar-refractivity contribution in [1.29, 1.82) is 0 Å². The van der Waals surface area contributed by atoms with Crippen LogP contribution >= 0.6 is 54.5 Å². The second-order valence-corrected chi connectivity index (χ2v) is 8.54. The summed E-state index contributed by atoms with van der Waals surface area (Å²) in [5, 5.41) is 0. The van der Waals surface area contributed by atoms with Gasteiger partial charge in [0.15, 0.2) is 0 Å². The molecule has 0 amide bonds. The summed E-state index contributed by atoms with van der Waals surface area (Å²) in [7, 11) is 0. The van der Waals surface area contributed by atoms with E-state index >= 15 is 0 Å². The number of rotatable bonds is 2. The van der Waals surface area contributed by atoms with E-state index in [0.29, 0.717) is 11.4 Å². The summed E-state index contributed by atoms with van der Waals surface area (Å²) < 4.78 is 15.6. The minimum absolute atomic E-state index is 0.600. The average molecular weight is 420 g/mol. The van der Waals surface area contributed by atoms with E-state index in [2.05, 4.69) is 41.8 Å². The maximum atomic E-state index is 13.6. The Kier molecular flexibility index (Phi) is 3.79. The largest absolute Gasteiger partial charge is 0.309 e. The van der Waals surface area contributed by atoms with Crippen LogP contribution in [0.3, 0.4) is 0 Å². The van der Waals surface area contributed by atoms with Gasteiger partial charge in [-0.05, 0) is 62.2 Å². The Balaban J connectivity index is 2.10. The molecule has 0 saturated carbocycles. The lowest BCUT2D eigenvalue weighted by Gasteiger charge is -2.01. The van der Waals surface area contributed by atoms with Crippen molar-refractivity contribution >= 4 is 54.5 Å². The van der Waals surface area contributed by atoms with E-state index in [4.69, 9.17) is 0 Å². The van der Waals surface area contributed by atoms with E-state index in [9.17, 15) is 4.39 Å². The van der Waals surface area contributed by atoms with Crippen molar-refractivity contribution in [3.8, 4) is 21.1 Å². The van der Waals surface area contributed by atoms with Crippen LogP contribution in [0.4, 0.5) is 4.39 Å². The van der Waals surface area contributed by atoms with Crippen molar-refractivity contribution in [3.63, 3.8) is 0 Å². The van der Waals surface area contributed by atoms with Gasteiger partial charge < -0.3 is 0 Å². The number of hydrogen-bond donors (Lipinski definition) is 0. The molecular weight excluding hydrogens is 415 g/mol. The number of nitrogens with zero attached hydrogens (tertiary/aromatic N) is 2. The minimum atomic E-state index is -0.707. The molecule has 0 radical (unpaired) electrons. The first-order valence-electron chi connectivity index (χ1n) is 5.18. The smallest absolute Gasteiger partial charge is 0.201 e. The van der Waals surface area contributed by atoms with Crippen LogP contribution in [0.25, 0.3) is 21.1 Å². The van der Waals surface area contributed by atoms with E-state index in [0.717, 1.165) is 17.3 Å². The maximum Gasteiger partial charge on any atom is 0.309 e. The lowest BCUT2D eigenvalue weighted by atomic mass is 10.2. The monoisotopic (exact) mass is 418 g/mol. The fourth-order valence-corrected chi connectivity index (χ4v) is 4.27. The Labute approximate surface area is 133 Å². The number of aromatic nitrogens is 2. The average Bonchev–Trinajstić information content (AvgIpc) is 2.97. The summed E-state index contributed by atoms with van der Waals surface area (Å²) in [4.78, 5) is 9.52. The molecule has 7 heteroatoms. The van der Waals surface area contributed by atoms with E-state index in [1.165, 1.54) is 22.7 Å². The molecule has 3 aromatic heterocycles. The summed E-state index contributed by atoms with van der Waals surface area (Å²) >= 11 is 9.81. The number of thiophene rings is 2. The Bertz CT molecular complexity index is 680. The van der Waals surface area contributed by atoms with E-state index in [1.807, 2.05) is 24.3 Å². The second-order valence-electron chi connectivity index (χ2n) is 3.61. The molecule has 0 aliphatic rings. The molecule has 0 atom stereocenters. The highest BCUT2D eigenvalue weighted by atomic mass is 79.9. The third-order valence-electron chi connectivity index (χ3n) is 2.35. The Morgan fingerprint density at radius 2 is 1.32 bits per heavy atom. The zero-order chi connectivity index (χ0) is 13.4. The second kappa shape index (κ2) is 5.40. The van der Waals surface area contributed by atoms with Crippen molar-refractivity contribution in [2.24, 2.45) is 0 Å². The zero-order valence-electron chi connectivity index (χ0n) is 9.23. The van der Waals surface area contributed by atoms with Gasteiger partial charge in [0.2, 0.25) is 0 Å². The highest BCUT2D eigenvalue weighted by molar-refractivity contribution is 9.11. The summed E-state index contributed by atoms with van der Waals surface area (Å²) in [5.74, 6) is 0. The predicted molar refractivity (Wildman–Crippen MR) is 84.0 cm³/mol. The van der Waals surface area contributed by atoms with Crippen LogP contribution in [-0.2, 0) is 0 Å². The summed E-state index contributed by atoms with van der Waals surface area (Å²) in [6, 6.07) is 9.46. The molecule has 2 nitrogen and oxygen atoms in total. The molecule has 0 unspecified atom stereocenters. The molecule has 3 aromatic rings. The number of hydrogen-bond acceptors (Lipinski definition) is 4. The Hall–Kier alpha value is -0.630. The van der Waals surface area contributed by atoms with Crippen molar-refractivity contribution < 1.29 is 4.39 Å². The lowest BCUT2D eigenvalue weighted by molar-refractivity contribution is 0.542. The van der Waals surface area contributed by atoms with Gasteiger partial charge in [0.1, 0.15) is 0 Å². The summed E-state index contributed by atoms with van der Waals surface area (Å²) in [6.45, 7) is 0. The third-order valence-corrected chi connectivity index (χ3v) is 5.64. The van der Waals surface area contributed by atoms with Crippen LogP contribution < -0.4 is 0 Å². The highest BCUT2D eigenvalue weighted by Gasteiger charge is 2.11. The molecule has 0 bridgehead atoms. The van der Waals surface area contributed by atoms with Crippen molar-refractivity contribution in [1.82, 2.24) is 9.97 Å². The van der Waals surface area contributed by atoms with Crippen molar-refractivity contribution in [2.75, 3.05) is 0 Å². The van der Waals surface area contributed by atoms with E-state index < -0.39 is 6.08 Å². The standard InChI is InChI=1S/C12H5Br2FN2S2/c13-10-3-1-8(18-10)6-5-7(17-12(15)16-6)9-2-4-11(14)19-9/h1-5H. The molecule has 0 saturated heterocycles. The van der Waals surface area contributed by atoms with Crippen LogP contribution in [0.1, 0.15) is 0 Å². The zero-order valence-corrected chi connectivity index (χ0v) is 14.0. The fourth-order valence-electron chi connectivity index (χ4n) is 1.57. The van der Waals surface area contributed by atoms with Gasteiger partial charge in [-0.15, -0.1) is 22.7 Å². The first-order chi connectivity index (χ1) is 9.11.